The van der Waals surface area contributed by atoms with Gasteiger partial charge in [0, 0.05) is 24.4 Å². The van der Waals surface area contributed by atoms with Crippen molar-refractivity contribution in [2.75, 3.05) is 13.1 Å². The number of carboxylic acid groups (broad SMARTS) is 1. The number of likely N-dealkylation sites (tertiary alicyclic amines) is 1. The minimum absolute atomic E-state index is 0.133. The second kappa shape index (κ2) is 5.74. The topological polar surface area (TPSA) is 57.6 Å². The molecule has 0 aromatic rings. The Morgan fingerprint density at radius 1 is 1.20 bits per heavy atom. The van der Waals surface area contributed by atoms with Gasteiger partial charge in [-0.1, -0.05) is 33.6 Å². The smallest absolute Gasteiger partial charge is 0.306 e. The van der Waals surface area contributed by atoms with E-state index in [0.717, 1.165) is 32.1 Å². The third-order valence-electron chi connectivity index (χ3n) is 5.11. The Hall–Kier alpha value is -1.06. The van der Waals surface area contributed by atoms with Gasteiger partial charge in [-0.3, -0.25) is 9.59 Å². The highest BCUT2D eigenvalue weighted by Crippen LogP contribution is 2.46. The van der Waals surface area contributed by atoms with E-state index < -0.39 is 5.97 Å². The standard InChI is InChI=1S/C16H27NO3/c1-11(2)8-16(6-4-5-7-16)15(20)17-9-13(10-17)12(3)14(18)19/h11-13H,4-10H2,1-3H3,(H,18,19). The van der Waals surface area contributed by atoms with Gasteiger partial charge in [0.05, 0.1) is 5.92 Å². The van der Waals surface area contributed by atoms with Crippen LogP contribution >= 0.6 is 0 Å². The van der Waals surface area contributed by atoms with Crippen LogP contribution in [0.3, 0.4) is 0 Å². The summed E-state index contributed by atoms with van der Waals surface area (Å²) in [6, 6.07) is 0. The summed E-state index contributed by atoms with van der Waals surface area (Å²) in [5, 5.41) is 9.02. The average molecular weight is 281 g/mol. The molecule has 0 bridgehead atoms. The molecule has 2 aliphatic rings. The summed E-state index contributed by atoms with van der Waals surface area (Å²) in [6.45, 7) is 7.37. The Kier molecular flexibility index (Phi) is 4.40. The number of hydrogen-bond donors (Lipinski definition) is 1. The Morgan fingerprint density at radius 3 is 2.20 bits per heavy atom. The molecule has 4 heteroatoms. The molecule has 1 unspecified atom stereocenters. The summed E-state index contributed by atoms with van der Waals surface area (Å²) < 4.78 is 0. The van der Waals surface area contributed by atoms with Crippen molar-refractivity contribution in [2.45, 2.75) is 52.9 Å². The monoisotopic (exact) mass is 281 g/mol. The molecule has 1 atom stereocenters. The van der Waals surface area contributed by atoms with Crippen LogP contribution in [0, 0.1) is 23.2 Å². The van der Waals surface area contributed by atoms with E-state index in [4.69, 9.17) is 5.11 Å². The maximum atomic E-state index is 12.8. The highest BCUT2D eigenvalue weighted by Gasteiger charge is 2.47. The molecule has 0 aromatic heterocycles. The van der Waals surface area contributed by atoms with Gasteiger partial charge in [-0.2, -0.15) is 0 Å². The summed E-state index contributed by atoms with van der Waals surface area (Å²) in [5.41, 5.74) is -0.147. The van der Waals surface area contributed by atoms with Crippen LogP contribution in [0.2, 0.25) is 0 Å². The molecule has 2 fully saturated rings. The summed E-state index contributed by atoms with van der Waals surface area (Å²) >= 11 is 0. The van der Waals surface area contributed by atoms with Crippen LogP contribution in [0.25, 0.3) is 0 Å². The number of carbonyl (C=O) groups excluding carboxylic acids is 1. The zero-order valence-corrected chi connectivity index (χ0v) is 12.9. The summed E-state index contributed by atoms with van der Waals surface area (Å²) in [5.74, 6) is -0.137. The van der Waals surface area contributed by atoms with Gasteiger partial charge in [0.1, 0.15) is 0 Å². The average Bonchev–Trinajstić information content (AvgIpc) is 2.75. The molecule has 20 heavy (non-hydrogen) atoms. The van der Waals surface area contributed by atoms with Crippen LogP contribution in [-0.4, -0.2) is 35.0 Å². The number of hydrogen-bond acceptors (Lipinski definition) is 2. The van der Waals surface area contributed by atoms with Gasteiger partial charge in [0.2, 0.25) is 5.91 Å². The normalized spacial score (nSPS) is 23.7. The zero-order valence-electron chi connectivity index (χ0n) is 12.9. The van der Waals surface area contributed by atoms with E-state index in [1.165, 1.54) is 0 Å². The van der Waals surface area contributed by atoms with Crippen LogP contribution < -0.4 is 0 Å². The predicted molar refractivity (Wildman–Crippen MR) is 77.2 cm³/mol. The number of amides is 1. The molecular formula is C16H27NO3. The van der Waals surface area contributed by atoms with Gasteiger partial charge in [-0.05, 0) is 25.2 Å². The van der Waals surface area contributed by atoms with E-state index in [0.29, 0.717) is 19.0 Å². The highest BCUT2D eigenvalue weighted by molar-refractivity contribution is 5.84. The van der Waals surface area contributed by atoms with E-state index in [9.17, 15) is 9.59 Å². The number of rotatable bonds is 5. The minimum Gasteiger partial charge on any atom is -0.481 e. The van der Waals surface area contributed by atoms with Gasteiger partial charge in [-0.25, -0.2) is 0 Å². The Balaban J connectivity index is 1.96. The van der Waals surface area contributed by atoms with Crippen molar-refractivity contribution >= 4 is 11.9 Å². The molecule has 0 aromatic carbocycles. The van der Waals surface area contributed by atoms with Gasteiger partial charge in [0.15, 0.2) is 0 Å². The molecule has 1 N–H and O–H groups in total. The molecule has 0 spiro atoms. The maximum Gasteiger partial charge on any atom is 0.306 e. The second-order valence-corrected chi connectivity index (χ2v) is 7.18. The number of carbonyl (C=O) groups is 2. The van der Waals surface area contributed by atoms with E-state index >= 15 is 0 Å². The summed E-state index contributed by atoms with van der Waals surface area (Å²) in [6.07, 6.45) is 5.31. The number of carboxylic acids is 1. The largest absolute Gasteiger partial charge is 0.481 e. The SMILES string of the molecule is CC(C)CC1(C(=O)N2CC(C(C)C(=O)O)C2)CCCC1. The minimum atomic E-state index is -0.750. The van der Waals surface area contributed by atoms with Crippen molar-refractivity contribution < 1.29 is 14.7 Å². The molecule has 4 nitrogen and oxygen atoms in total. The van der Waals surface area contributed by atoms with Gasteiger partial charge in [0.25, 0.3) is 0 Å². The first kappa shape index (κ1) is 15.3. The quantitative estimate of drug-likeness (QED) is 0.843. The second-order valence-electron chi connectivity index (χ2n) is 7.18. The van der Waals surface area contributed by atoms with Crippen molar-refractivity contribution in [1.82, 2.24) is 4.90 Å². The van der Waals surface area contributed by atoms with Gasteiger partial charge in [-0.15, -0.1) is 0 Å². The number of nitrogens with zero attached hydrogens (tertiary/aromatic N) is 1. The van der Waals surface area contributed by atoms with Crippen molar-refractivity contribution in [3.8, 4) is 0 Å². The van der Waals surface area contributed by atoms with E-state index in [1.807, 2.05) is 4.90 Å². The van der Waals surface area contributed by atoms with E-state index in [2.05, 4.69) is 13.8 Å². The molecule has 1 saturated heterocycles. The molecule has 1 aliphatic heterocycles. The lowest BCUT2D eigenvalue weighted by Gasteiger charge is -2.46. The first-order valence-corrected chi connectivity index (χ1v) is 7.88. The van der Waals surface area contributed by atoms with Crippen LogP contribution in [-0.2, 0) is 9.59 Å². The number of aliphatic carboxylic acids is 1. The Labute approximate surface area is 121 Å². The molecule has 0 radical (unpaired) electrons. The van der Waals surface area contributed by atoms with E-state index in [-0.39, 0.29) is 23.2 Å². The van der Waals surface area contributed by atoms with E-state index in [1.54, 1.807) is 6.92 Å². The van der Waals surface area contributed by atoms with Crippen LogP contribution in [0.5, 0.6) is 0 Å². The lowest BCUT2D eigenvalue weighted by molar-refractivity contribution is -0.156. The molecular weight excluding hydrogens is 254 g/mol. The third kappa shape index (κ3) is 2.84. The predicted octanol–water partition coefficient (Wildman–Crippen LogP) is 2.77. The fraction of sp³-hybridized carbons (Fsp3) is 0.875. The first-order valence-electron chi connectivity index (χ1n) is 7.88. The van der Waals surface area contributed by atoms with Crippen molar-refractivity contribution in [3.63, 3.8) is 0 Å². The Morgan fingerprint density at radius 2 is 1.75 bits per heavy atom. The Bertz CT molecular complexity index is 379. The zero-order chi connectivity index (χ0) is 14.9. The fourth-order valence-corrected chi connectivity index (χ4v) is 3.87. The van der Waals surface area contributed by atoms with Crippen molar-refractivity contribution in [1.29, 1.82) is 0 Å². The van der Waals surface area contributed by atoms with Crippen LogP contribution in [0.1, 0.15) is 52.9 Å². The van der Waals surface area contributed by atoms with Crippen LogP contribution in [0.4, 0.5) is 0 Å². The summed E-state index contributed by atoms with van der Waals surface area (Å²) in [7, 11) is 0. The van der Waals surface area contributed by atoms with Crippen molar-refractivity contribution in [3.05, 3.63) is 0 Å². The lowest BCUT2D eigenvalue weighted by atomic mass is 9.75. The fourth-order valence-electron chi connectivity index (χ4n) is 3.87. The first-order chi connectivity index (χ1) is 9.35. The molecule has 1 amide bonds. The maximum absolute atomic E-state index is 12.8. The van der Waals surface area contributed by atoms with Gasteiger partial charge >= 0.3 is 5.97 Å². The molecule has 1 saturated carbocycles. The summed E-state index contributed by atoms with van der Waals surface area (Å²) in [4.78, 5) is 25.7. The molecule has 2 rings (SSSR count). The van der Waals surface area contributed by atoms with Crippen molar-refractivity contribution in [2.24, 2.45) is 23.2 Å². The van der Waals surface area contributed by atoms with Crippen LogP contribution in [0.15, 0.2) is 0 Å². The third-order valence-corrected chi connectivity index (χ3v) is 5.11. The lowest BCUT2D eigenvalue weighted by Crippen LogP contribution is -2.57. The molecule has 1 aliphatic carbocycles. The highest BCUT2D eigenvalue weighted by atomic mass is 16.4. The molecule has 1 heterocycles. The van der Waals surface area contributed by atoms with Gasteiger partial charge < -0.3 is 10.0 Å². The molecule has 114 valence electrons.